The van der Waals surface area contributed by atoms with Gasteiger partial charge < -0.3 is 9.47 Å². The van der Waals surface area contributed by atoms with Gasteiger partial charge in [-0.05, 0) is 39.5 Å². The Bertz CT molecular complexity index is 335. The van der Waals surface area contributed by atoms with Crippen molar-refractivity contribution in [2.45, 2.75) is 70.7 Å². The molecule has 0 aromatic heterocycles. The number of unbranched alkanes of at least 4 members (excludes halogenated alkanes) is 3. The third-order valence-corrected chi connectivity index (χ3v) is 4.19. The van der Waals surface area contributed by atoms with Gasteiger partial charge in [-0.25, -0.2) is 13.6 Å². The largest absolute Gasteiger partial charge is 0.378 e. The summed E-state index contributed by atoms with van der Waals surface area (Å²) in [5.74, 6) is 0.0862. The smallest absolute Gasteiger partial charge is 0.209 e. The van der Waals surface area contributed by atoms with E-state index >= 15 is 0 Å². The van der Waals surface area contributed by atoms with Crippen molar-refractivity contribution in [1.82, 2.24) is 0 Å². The van der Waals surface area contributed by atoms with Gasteiger partial charge in [0.15, 0.2) is 0 Å². The van der Waals surface area contributed by atoms with Crippen molar-refractivity contribution >= 4 is 10.0 Å². The standard InChI is InChI=1S/C13H27NO4S/c1-11-9-13(10-12(2)18-11)17-7-5-3-4-6-8-19(14,15)16/h11-13H,3-10H2,1-2H3,(H2,14,15,16). The lowest BCUT2D eigenvalue weighted by molar-refractivity contribution is -0.102. The zero-order valence-corrected chi connectivity index (χ0v) is 12.8. The third-order valence-electron chi connectivity index (χ3n) is 3.33. The van der Waals surface area contributed by atoms with Gasteiger partial charge in [-0.1, -0.05) is 12.8 Å². The molecule has 0 aromatic carbocycles. The normalized spacial score (nSPS) is 28.5. The van der Waals surface area contributed by atoms with Gasteiger partial charge in [0.25, 0.3) is 0 Å². The molecule has 1 aliphatic rings. The van der Waals surface area contributed by atoms with Gasteiger partial charge in [0, 0.05) is 6.61 Å². The number of sulfonamides is 1. The monoisotopic (exact) mass is 293 g/mol. The summed E-state index contributed by atoms with van der Waals surface area (Å²) in [6.07, 6.45) is 6.31. The summed E-state index contributed by atoms with van der Waals surface area (Å²) in [6, 6.07) is 0. The van der Waals surface area contributed by atoms with E-state index in [4.69, 9.17) is 14.6 Å². The molecular weight excluding hydrogens is 266 g/mol. The van der Waals surface area contributed by atoms with Crippen LogP contribution in [0.4, 0.5) is 0 Å². The first kappa shape index (κ1) is 16.9. The van der Waals surface area contributed by atoms with Crippen molar-refractivity contribution in [3.05, 3.63) is 0 Å². The van der Waals surface area contributed by atoms with E-state index in [1.165, 1.54) is 0 Å². The van der Waals surface area contributed by atoms with Gasteiger partial charge in [-0.3, -0.25) is 0 Å². The van der Waals surface area contributed by atoms with E-state index in [-0.39, 0.29) is 18.0 Å². The third kappa shape index (κ3) is 8.57. The molecule has 114 valence electrons. The van der Waals surface area contributed by atoms with Crippen molar-refractivity contribution in [2.24, 2.45) is 5.14 Å². The molecule has 0 amide bonds. The van der Waals surface area contributed by atoms with Gasteiger partial charge in [-0.15, -0.1) is 0 Å². The van der Waals surface area contributed by atoms with E-state index in [0.29, 0.717) is 12.5 Å². The van der Waals surface area contributed by atoms with E-state index in [1.807, 2.05) is 0 Å². The summed E-state index contributed by atoms with van der Waals surface area (Å²) in [4.78, 5) is 0. The molecule has 1 saturated heterocycles. The fourth-order valence-corrected chi connectivity index (χ4v) is 3.10. The Morgan fingerprint density at radius 1 is 1.11 bits per heavy atom. The molecular formula is C13H27NO4S. The van der Waals surface area contributed by atoms with Crippen LogP contribution in [-0.2, 0) is 19.5 Å². The summed E-state index contributed by atoms with van der Waals surface area (Å²) in [7, 11) is -3.29. The topological polar surface area (TPSA) is 78.6 Å². The maximum absolute atomic E-state index is 10.7. The maximum Gasteiger partial charge on any atom is 0.209 e. The molecule has 2 N–H and O–H groups in total. The molecule has 0 bridgehead atoms. The molecule has 19 heavy (non-hydrogen) atoms. The summed E-state index contributed by atoms with van der Waals surface area (Å²) < 4.78 is 33.0. The van der Waals surface area contributed by atoms with Gasteiger partial charge in [0.1, 0.15) is 0 Å². The lowest BCUT2D eigenvalue weighted by Crippen LogP contribution is -2.34. The molecule has 2 atom stereocenters. The average molecular weight is 293 g/mol. The molecule has 5 nitrogen and oxygen atoms in total. The Balaban J connectivity index is 1.99. The van der Waals surface area contributed by atoms with E-state index in [2.05, 4.69) is 13.8 Å². The highest BCUT2D eigenvalue weighted by molar-refractivity contribution is 7.89. The molecule has 1 rings (SSSR count). The molecule has 1 aliphatic heterocycles. The van der Waals surface area contributed by atoms with Crippen molar-refractivity contribution in [2.75, 3.05) is 12.4 Å². The van der Waals surface area contributed by atoms with E-state index in [0.717, 1.165) is 38.7 Å². The van der Waals surface area contributed by atoms with Crippen molar-refractivity contribution in [1.29, 1.82) is 0 Å². The second-order valence-electron chi connectivity index (χ2n) is 5.50. The van der Waals surface area contributed by atoms with E-state index in [9.17, 15) is 8.42 Å². The SMILES string of the molecule is CC1CC(OCCCCCCS(N)(=O)=O)CC(C)O1. The quantitative estimate of drug-likeness (QED) is 0.692. The second-order valence-corrected chi connectivity index (χ2v) is 7.24. The Hall–Kier alpha value is -0.170. The van der Waals surface area contributed by atoms with Crippen molar-refractivity contribution in [3.8, 4) is 0 Å². The Kier molecular flexibility index (Phi) is 7.28. The predicted octanol–water partition coefficient (Wildman–Crippen LogP) is 1.81. The minimum Gasteiger partial charge on any atom is -0.378 e. The van der Waals surface area contributed by atoms with Crippen LogP contribution in [0.15, 0.2) is 0 Å². The van der Waals surface area contributed by atoms with Crippen molar-refractivity contribution < 1.29 is 17.9 Å². The molecule has 6 heteroatoms. The van der Waals surface area contributed by atoms with Crippen LogP contribution in [0.2, 0.25) is 0 Å². The number of rotatable bonds is 8. The fraction of sp³-hybridized carbons (Fsp3) is 1.00. The minimum absolute atomic E-state index is 0.0862. The first-order valence-electron chi connectivity index (χ1n) is 7.14. The number of ether oxygens (including phenoxy) is 2. The van der Waals surface area contributed by atoms with E-state index in [1.54, 1.807) is 0 Å². The van der Waals surface area contributed by atoms with Crippen LogP contribution in [0, 0.1) is 0 Å². The van der Waals surface area contributed by atoms with Crippen LogP contribution in [-0.4, -0.2) is 39.1 Å². The number of nitrogens with two attached hydrogens (primary N) is 1. The Morgan fingerprint density at radius 2 is 1.68 bits per heavy atom. The predicted molar refractivity (Wildman–Crippen MR) is 75.4 cm³/mol. The summed E-state index contributed by atoms with van der Waals surface area (Å²) in [5.41, 5.74) is 0. The van der Waals surface area contributed by atoms with Crippen LogP contribution >= 0.6 is 0 Å². The molecule has 0 radical (unpaired) electrons. The lowest BCUT2D eigenvalue weighted by atomic mass is 10.0. The minimum atomic E-state index is -3.29. The highest BCUT2D eigenvalue weighted by Crippen LogP contribution is 2.21. The van der Waals surface area contributed by atoms with Gasteiger partial charge in [0.05, 0.1) is 24.1 Å². The van der Waals surface area contributed by atoms with Gasteiger partial charge in [-0.2, -0.15) is 0 Å². The molecule has 1 fully saturated rings. The van der Waals surface area contributed by atoms with Crippen LogP contribution in [0.3, 0.4) is 0 Å². The first-order valence-corrected chi connectivity index (χ1v) is 8.86. The first-order chi connectivity index (χ1) is 8.87. The molecule has 2 unspecified atom stereocenters. The van der Waals surface area contributed by atoms with E-state index < -0.39 is 10.0 Å². The molecule has 0 spiro atoms. The molecule has 0 aliphatic carbocycles. The Labute approximate surface area is 116 Å². The highest BCUT2D eigenvalue weighted by atomic mass is 32.2. The fourth-order valence-electron chi connectivity index (χ4n) is 2.49. The molecule has 0 saturated carbocycles. The van der Waals surface area contributed by atoms with Gasteiger partial charge >= 0.3 is 0 Å². The van der Waals surface area contributed by atoms with Crippen LogP contribution in [0.25, 0.3) is 0 Å². The lowest BCUT2D eigenvalue weighted by Gasteiger charge is -2.32. The van der Waals surface area contributed by atoms with Crippen LogP contribution in [0.5, 0.6) is 0 Å². The molecule has 0 aromatic rings. The average Bonchev–Trinajstić information content (AvgIpc) is 2.25. The number of hydrogen-bond acceptors (Lipinski definition) is 4. The van der Waals surface area contributed by atoms with Gasteiger partial charge in [0.2, 0.25) is 10.0 Å². The maximum atomic E-state index is 10.7. The summed E-state index contributed by atoms with van der Waals surface area (Å²) >= 11 is 0. The van der Waals surface area contributed by atoms with Crippen molar-refractivity contribution in [3.63, 3.8) is 0 Å². The number of primary sulfonamides is 1. The summed E-state index contributed by atoms with van der Waals surface area (Å²) in [6.45, 7) is 4.91. The highest BCUT2D eigenvalue weighted by Gasteiger charge is 2.24. The van der Waals surface area contributed by atoms with Crippen LogP contribution in [0.1, 0.15) is 52.4 Å². The zero-order valence-electron chi connectivity index (χ0n) is 12.0. The zero-order chi connectivity index (χ0) is 14.3. The second kappa shape index (κ2) is 8.19. The molecule has 1 heterocycles. The van der Waals surface area contributed by atoms with Crippen LogP contribution < -0.4 is 5.14 Å². The Morgan fingerprint density at radius 3 is 2.26 bits per heavy atom. The number of hydrogen-bond donors (Lipinski definition) is 1. The summed E-state index contributed by atoms with van der Waals surface area (Å²) in [5, 5.41) is 4.94.